The second-order valence-corrected chi connectivity index (χ2v) is 5.76. The molecule has 0 unspecified atom stereocenters. The summed E-state index contributed by atoms with van der Waals surface area (Å²) in [7, 11) is 0. The first-order valence-electron chi connectivity index (χ1n) is 5.57. The van der Waals surface area contributed by atoms with Crippen LogP contribution < -0.4 is 11.1 Å². The number of carbonyl (C=O) groups is 1. The van der Waals surface area contributed by atoms with Gasteiger partial charge in [0.05, 0.1) is 28.6 Å². The van der Waals surface area contributed by atoms with Crippen molar-refractivity contribution in [1.29, 1.82) is 5.26 Å². The standard InChI is InChI=1S/C14H9Br2N3O/c15-9-2-3-10(11(16)6-9)14(20)19-13-4-1-8(7-17)5-12(13)18/h1-6H,18H2,(H,19,20). The third kappa shape index (κ3) is 3.18. The average Bonchev–Trinajstić information content (AvgIpc) is 2.40. The molecule has 0 heterocycles. The van der Waals surface area contributed by atoms with E-state index >= 15 is 0 Å². The van der Waals surface area contributed by atoms with Crippen molar-refractivity contribution in [3.63, 3.8) is 0 Å². The third-order valence-electron chi connectivity index (χ3n) is 2.60. The number of halogens is 2. The number of nitrogen functional groups attached to an aromatic ring is 1. The molecule has 0 spiro atoms. The highest BCUT2D eigenvalue weighted by Gasteiger charge is 2.12. The number of nitrogens with one attached hydrogen (secondary N) is 1. The van der Waals surface area contributed by atoms with Crippen molar-refractivity contribution in [2.75, 3.05) is 11.1 Å². The summed E-state index contributed by atoms with van der Waals surface area (Å²) >= 11 is 6.66. The smallest absolute Gasteiger partial charge is 0.256 e. The fraction of sp³-hybridized carbons (Fsp3) is 0. The minimum atomic E-state index is -0.277. The minimum absolute atomic E-state index is 0.277. The second-order valence-electron chi connectivity index (χ2n) is 3.99. The maximum absolute atomic E-state index is 12.2. The summed E-state index contributed by atoms with van der Waals surface area (Å²) in [5.74, 6) is -0.277. The van der Waals surface area contributed by atoms with Crippen LogP contribution in [0.4, 0.5) is 11.4 Å². The number of nitrogens with zero attached hydrogens (tertiary/aromatic N) is 1. The molecule has 100 valence electrons. The van der Waals surface area contributed by atoms with Crippen LogP contribution in [0.5, 0.6) is 0 Å². The Morgan fingerprint density at radius 3 is 2.55 bits per heavy atom. The number of anilines is 2. The average molecular weight is 395 g/mol. The molecule has 0 aromatic heterocycles. The minimum Gasteiger partial charge on any atom is -0.397 e. The van der Waals surface area contributed by atoms with Crippen molar-refractivity contribution in [2.24, 2.45) is 0 Å². The van der Waals surface area contributed by atoms with Crippen LogP contribution in [0.15, 0.2) is 45.3 Å². The van der Waals surface area contributed by atoms with Gasteiger partial charge in [-0.25, -0.2) is 0 Å². The van der Waals surface area contributed by atoms with Crippen LogP contribution in [0.1, 0.15) is 15.9 Å². The van der Waals surface area contributed by atoms with Gasteiger partial charge in [-0.1, -0.05) is 15.9 Å². The third-order valence-corrected chi connectivity index (χ3v) is 3.75. The first-order valence-corrected chi connectivity index (χ1v) is 7.16. The van der Waals surface area contributed by atoms with E-state index in [2.05, 4.69) is 37.2 Å². The molecule has 2 rings (SSSR count). The number of nitrogens with two attached hydrogens (primary N) is 1. The van der Waals surface area contributed by atoms with Gasteiger partial charge in [0.15, 0.2) is 0 Å². The number of nitriles is 1. The molecule has 0 bridgehead atoms. The molecule has 0 aliphatic rings. The first kappa shape index (κ1) is 14.6. The van der Waals surface area contributed by atoms with E-state index in [1.807, 2.05) is 6.07 Å². The second kappa shape index (κ2) is 6.07. The SMILES string of the molecule is N#Cc1ccc(NC(=O)c2ccc(Br)cc2Br)c(N)c1. The zero-order valence-corrected chi connectivity index (χ0v) is 13.3. The van der Waals surface area contributed by atoms with Gasteiger partial charge in [-0.05, 0) is 52.3 Å². The number of hydrogen-bond donors (Lipinski definition) is 2. The molecule has 0 radical (unpaired) electrons. The predicted molar refractivity (Wildman–Crippen MR) is 85.4 cm³/mol. The zero-order chi connectivity index (χ0) is 14.7. The molecule has 0 saturated carbocycles. The Kier molecular flexibility index (Phi) is 4.42. The van der Waals surface area contributed by atoms with Crippen molar-refractivity contribution in [2.45, 2.75) is 0 Å². The molecule has 0 saturated heterocycles. The number of hydrogen-bond acceptors (Lipinski definition) is 3. The highest BCUT2D eigenvalue weighted by atomic mass is 79.9. The summed E-state index contributed by atoms with van der Waals surface area (Å²) in [6.07, 6.45) is 0. The lowest BCUT2D eigenvalue weighted by atomic mass is 10.1. The lowest BCUT2D eigenvalue weighted by molar-refractivity contribution is 0.102. The maximum atomic E-state index is 12.2. The summed E-state index contributed by atoms with van der Waals surface area (Å²) in [5.41, 5.74) is 7.58. The lowest BCUT2D eigenvalue weighted by Crippen LogP contribution is -2.13. The van der Waals surface area contributed by atoms with E-state index in [4.69, 9.17) is 11.0 Å². The van der Waals surface area contributed by atoms with E-state index in [-0.39, 0.29) is 5.91 Å². The molecule has 1 amide bonds. The van der Waals surface area contributed by atoms with Crippen LogP contribution in [0, 0.1) is 11.3 Å². The Labute approximate surface area is 132 Å². The van der Waals surface area contributed by atoms with Crippen molar-refractivity contribution in [1.82, 2.24) is 0 Å². The zero-order valence-electron chi connectivity index (χ0n) is 10.2. The molecule has 20 heavy (non-hydrogen) atoms. The Morgan fingerprint density at radius 1 is 1.20 bits per heavy atom. The Hall–Kier alpha value is -1.84. The topological polar surface area (TPSA) is 78.9 Å². The monoisotopic (exact) mass is 393 g/mol. The Balaban J connectivity index is 2.26. The number of benzene rings is 2. The fourth-order valence-electron chi connectivity index (χ4n) is 1.61. The Bertz CT molecular complexity index is 723. The first-order chi connectivity index (χ1) is 9.51. The molecule has 0 fully saturated rings. The fourth-order valence-corrected chi connectivity index (χ4v) is 2.84. The molecule has 0 aliphatic heterocycles. The normalized spacial score (nSPS) is 9.85. The quantitative estimate of drug-likeness (QED) is 0.757. The van der Waals surface area contributed by atoms with Crippen molar-refractivity contribution < 1.29 is 4.79 Å². The van der Waals surface area contributed by atoms with Crippen molar-refractivity contribution >= 4 is 49.1 Å². The van der Waals surface area contributed by atoms with Gasteiger partial charge in [-0.2, -0.15) is 5.26 Å². The maximum Gasteiger partial charge on any atom is 0.256 e. The Morgan fingerprint density at radius 2 is 1.95 bits per heavy atom. The summed E-state index contributed by atoms with van der Waals surface area (Å²) < 4.78 is 1.55. The van der Waals surface area contributed by atoms with Gasteiger partial charge in [0, 0.05) is 8.95 Å². The largest absolute Gasteiger partial charge is 0.397 e. The molecule has 4 nitrogen and oxygen atoms in total. The molecular weight excluding hydrogens is 386 g/mol. The van der Waals surface area contributed by atoms with Crippen molar-refractivity contribution in [3.05, 3.63) is 56.5 Å². The molecular formula is C14H9Br2N3O. The summed E-state index contributed by atoms with van der Waals surface area (Å²) in [4.78, 5) is 12.2. The highest BCUT2D eigenvalue weighted by molar-refractivity contribution is 9.11. The van der Waals surface area contributed by atoms with Crippen LogP contribution in [-0.2, 0) is 0 Å². The van der Waals surface area contributed by atoms with Gasteiger partial charge in [-0.15, -0.1) is 0 Å². The van der Waals surface area contributed by atoms with Gasteiger partial charge in [-0.3, -0.25) is 4.79 Å². The van der Waals surface area contributed by atoms with Crippen molar-refractivity contribution in [3.8, 4) is 6.07 Å². The predicted octanol–water partition coefficient (Wildman–Crippen LogP) is 3.92. The van der Waals surface area contributed by atoms with Crippen LogP contribution in [0.3, 0.4) is 0 Å². The molecule has 2 aromatic carbocycles. The van der Waals surface area contributed by atoms with E-state index < -0.39 is 0 Å². The number of rotatable bonds is 2. The van der Waals surface area contributed by atoms with Crippen LogP contribution >= 0.6 is 31.9 Å². The molecule has 6 heteroatoms. The summed E-state index contributed by atoms with van der Waals surface area (Å²) in [6, 6.07) is 12.0. The summed E-state index contributed by atoms with van der Waals surface area (Å²) in [6.45, 7) is 0. The van der Waals surface area contributed by atoms with E-state index in [1.54, 1.807) is 30.3 Å². The molecule has 2 aromatic rings. The number of amides is 1. The van der Waals surface area contributed by atoms with Gasteiger partial charge in [0.2, 0.25) is 0 Å². The van der Waals surface area contributed by atoms with E-state index in [0.29, 0.717) is 27.0 Å². The lowest BCUT2D eigenvalue weighted by Gasteiger charge is -2.09. The molecule has 0 atom stereocenters. The van der Waals surface area contributed by atoms with Gasteiger partial charge in [0.1, 0.15) is 0 Å². The van der Waals surface area contributed by atoms with Crippen LogP contribution in [-0.4, -0.2) is 5.91 Å². The highest BCUT2D eigenvalue weighted by Crippen LogP contribution is 2.25. The van der Waals surface area contributed by atoms with E-state index in [9.17, 15) is 4.79 Å². The van der Waals surface area contributed by atoms with Crippen LogP contribution in [0.25, 0.3) is 0 Å². The number of carbonyl (C=O) groups excluding carboxylic acids is 1. The molecule has 0 aliphatic carbocycles. The van der Waals surface area contributed by atoms with E-state index in [0.717, 1.165) is 4.47 Å². The summed E-state index contributed by atoms with van der Waals surface area (Å²) in [5, 5.41) is 11.5. The van der Waals surface area contributed by atoms with Gasteiger partial charge >= 0.3 is 0 Å². The van der Waals surface area contributed by atoms with E-state index in [1.165, 1.54) is 6.07 Å². The van der Waals surface area contributed by atoms with Crippen LogP contribution in [0.2, 0.25) is 0 Å². The molecule has 3 N–H and O–H groups in total. The van der Waals surface area contributed by atoms with Gasteiger partial charge in [0.25, 0.3) is 5.91 Å². The van der Waals surface area contributed by atoms with Gasteiger partial charge < -0.3 is 11.1 Å².